The second kappa shape index (κ2) is 8.39. The highest BCUT2D eigenvalue weighted by atomic mass is 16.5. The second-order valence-corrected chi connectivity index (χ2v) is 7.45. The minimum absolute atomic E-state index is 0.141. The van der Waals surface area contributed by atoms with Crippen LogP contribution < -0.4 is 10.1 Å². The van der Waals surface area contributed by atoms with Crippen molar-refractivity contribution in [3.8, 4) is 5.75 Å². The molecule has 1 aliphatic rings. The van der Waals surface area contributed by atoms with Gasteiger partial charge in [0.25, 0.3) is 0 Å². The zero-order chi connectivity index (χ0) is 18.4. The largest absolute Gasteiger partial charge is 0.491 e. The van der Waals surface area contributed by atoms with Gasteiger partial charge in [-0.25, -0.2) is 0 Å². The standard InChI is InChI=1S/C23H29NO2/c1-18(2)20-12-6-7-13-21(20)26-17-16-24-22(25)23(14-8-9-15-23)19-10-4-3-5-11-19/h3-7,10-13,18H,8-9,14-17H2,1-2H3,(H,24,25). The second-order valence-electron chi connectivity index (χ2n) is 7.45. The Morgan fingerprint density at radius 2 is 1.69 bits per heavy atom. The number of hydrogen-bond acceptors (Lipinski definition) is 2. The fourth-order valence-corrected chi connectivity index (χ4v) is 3.97. The van der Waals surface area contributed by atoms with Crippen LogP contribution in [0.5, 0.6) is 5.75 Å². The van der Waals surface area contributed by atoms with Gasteiger partial charge in [0.05, 0.1) is 12.0 Å². The van der Waals surface area contributed by atoms with Crippen LogP contribution >= 0.6 is 0 Å². The van der Waals surface area contributed by atoms with Crippen LogP contribution in [0, 0.1) is 0 Å². The van der Waals surface area contributed by atoms with Crippen molar-refractivity contribution >= 4 is 5.91 Å². The van der Waals surface area contributed by atoms with E-state index in [0.717, 1.165) is 37.0 Å². The first-order chi connectivity index (χ1) is 12.6. The van der Waals surface area contributed by atoms with E-state index >= 15 is 0 Å². The lowest BCUT2D eigenvalue weighted by Gasteiger charge is -2.28. The Hall–Kier alpha value is -2.29. The van der Waals surface area contributed by atoms with Crippen LogP contribution in [-0.4, -0.2) is 19.1 Å². The van der Waals surface area contributed by atoms with E-state index < -0.39 is 0 Å². The topological polar surface area (TPSA) is 38.3 Å². The van der Waals surface area contributed by atoms with Gasteiger partial charge in [-0.3, -0.25) is 4.79 Å². The van der Waals surface area contributed by atoms with Crippen molar-refractivity contribution in [2.24, 2.45) is 0 Å². The molecule has 0 bridgehead atoms. The van der Waals surface area contributed by atoms with Crippen LogP contribution in [0.2, 0.25) is 0 Å². The van der Waals surface area contributed by atoms with Crippen LogP contribution in [0.25, 0.3) is 0 Å². The monoisotopic (exact) mass is 351 g/mol. The van der Waals surface area contributed by atoms with Crippen LogP contribution in [0.15, 0.2) is 54.6 Å². The van der Waals surface area contributed by atoms with Gasteiger partial charge in [0.15, 0.2) is 0 Å². The number of hydrogen-bond donors (Lipinski definition) is 1. The van der Waals surface area contributed by atoms with Crippen molar-refractivity contribution in [1.82, 2.24) is 5.32 Å². The Bertz CT molecular complexity index is 718. The molecule has 1 N–H and O–H groups in total. The van der Waals surface area contributed by atoms with E-state index in [1.807, 2.05) is 36.4 Å². The summed E-state index contributed by atoms with van der Waals surface area (Å²) in [4.78, 5) is 13.0. The normalized spacial score (nSPS) is 15.8. The first-order valence-electron chi connectivity index (χ1n) is 9.69. The van der Waals surface area contributed by atoms with E-state index in [1.165, 1.54) is 5.56 Å². The van der Waals surface area contributed by atoms with Crippen molar-refractivity contribution < 1.29 is 9.53 Å². The Morgan fingerprint density at radius 1 is 1.04 bits per heavy atom. The van der Waals surface area contributed by atoms with E-state index in [2.05, 4.69) is 37.4 Å². The summed E-state index contributed by atoms with van der Waals surface area (Å²) in [7, 11) is 0. The summed E-state index contributed by atoms with van der Waals surface area (Å²) in [5.74, 6) is 1.47. The maximum atomic E-state index is 13.0. The van der Waals surface area contributed by atoms with Crippen LogP contribution in [-0.2, 0) is 10.2 Å². The molecule has 0 atom stereocenters. The highest BCUT2D eigenvalue weighted by Gasteiger charge is 2.42. The summed E-state index contributed by atoms with van der Waals surface area (Å²) in [5.41, 5.74) is 1.98. The molecule has 1 amide bonds. The van der Waals surface area contributed by atoms with E-state index in [-0.39, 0.29) is 11.3 Å². The molecule has 0 aliphatic heterocycles. The molecular weight excluding hydrogens is 322 g/mol. The third-order valence-electron chi connectivity index (χ3n) is 5.40. The summed E-state index contributed by atoms with van der Waals surface area (Å²) in [5, 5.41) is 3.12. The number of amides is 1. The fraction of sp³-hybridized carbons (Fsp3) is 0.435. The average Bonchev–Trinajstić information content (AvgIpc) is 3.17. The maximum Gasteiger partial charge on any atom is 0.230 e. The minimum atomic E-state index is -0.364. The van der Waals surface area contributed by atoms with E-state index in [9.17, 15) is 4.79 Å². The molecular formula is C23H29NO2. The highest BCUT2D eigenvalue weighted by molar-refractivity contribution is 5.88. The predicted molar refractivity (Wildman–Crippen MR) is 106 cm³/mol. The van der Waals surface area contributed by atoms with Gasteiger partial charge in [0.1, 0.15) is 12.4 Å². The molecule has 2 aromatic carbocycles. The van der Waals surface area contributed by atoms with Gasteiger partial charge >= 0.3 is 0 Å². The molecule has 0 spiro atoms. The van der Waals surface area contributed by atoms with Gasteiger partial charge in [-0.15, -0.1) is 0 Å². The molecule has 0 radical (unpaired) electrons. The molecule has 1 saturated carbocycles. The molecule has 3 heteroatoms. The van der Waals surface area contributed by atoms with Gasteiger partial charge in [0.2, 0.25) is 5.91 Å². The first kappa shape index (κ1) is 18.5. The summed E-state index contributed by atoms with van der Waals surface area (Å²) in [6, 6.07) is 18.3. The fourth-order valence-electron chi connectivity index (χ4n) is 3.97. The average molecular weight is 351 g/mol. The molecule has 3 nitrogen and oxygen atoms in total. The van der Waals surface area contributed by atoms with Gasteiger partial charge in [-0.05, 0) is 36.0 Å². The molecule has 3 rings (SSSR count). The Morgan fingerprint density at radius 3 is 2.38 bits per heavy atom. The molecule has 1 aliphatic carbocycles. The van der Waals surface area contributed by atoms with Crippen molar-refractivity contribution in [2.75, 3.05) is 13.2 Å². The van der Waals surface area contributed by atoms with Crippen molar-refractivity contribution in [1.29, 1.82) is 0 Å². The highest BCUT2D eigenvalue weighted by Crippen LogP contribution is 2.41. The molecule has 0 heterocycles. The predicted octanol–water partition coefficient (Wildman–Crippen LogP) is 4.82. The quantitative estimate of drug-likeness (QED) is 0.727. The van der Waals surface area contributed by atoms with Crippen molar-refractivity contribution in [2.45, 2.75) is 50.9 Å². The summed E-state index contributed by atoms with van der Waals surface area (Å²) < 4.78 is 5.94. The number of rotatable bonds is 7. The van der Waals surface area contributed by atoms with Gasteiger partial charge in [-0.1, -0.05) is 75.2 Å². The third-order valence-corrected chi connectivity index (χ3v) is 5.40. The van der Waals surface area contributed by atoms with E-state index in [4.69, 9.17) is 4.74 Å². The van der Waals surface area contributed by atoms with Gasteiger partial charge < -0.3 is 10.1 Å². The lowest BCUT2D eigenvalue weighted by Crippen LogP contribution is -2.44. The third kappa shape index (κ3) is 3.92. The number of benzene rings is 2. The Balaban J connectivity index is 1.59. The molecule has 0 aromatic heterocycles. The zero-order valence-corrected chi connectivity index (χ0v) is 15.8. The molecule has 2 aromatic rings. The lowest BCUT2D eigenvalue weighted by atomic mass is 9.78. The molecule has 138 valence electrons. The molecule has 26 heavy (non-hydrogen) atoms. The van der Waals surface area contributed by atoms with Gasteiger partial charge in [-0.2, -0.15) is 0 Å². The number of para-hydroxylation sites is 1. The number of carbonyl (C=O) groups is 1. The summed E-state index contributed by atoms with van der Waals surface area (Å²) in [6.07, 6.45) is 4.08. The first-order valence-corrected chi connectivity index (χ1v) is 9.69. The van der Waals surface area contributed by atoms with Crippen LogP contribution in [0.4, 0.5) is 0 Å². The SMILES string of the molecule is CC(C)c1ccccc1OCCNC(=O)C1(c2ccccc2)CCCC1. The number of ether oxygens (including phenoxy) is 1. The van der Waals surface area contributed by atoms with E-state index in [1.54, 1.807) is 0 Å². The molecule has 0 saturated heterocycles. The summed E-state index contributed by atoms with van der Waals surface area (Å²) >= 11 is 0. The Kier molecular flexibility index (Phi) is 5.97. The zero-order valence-electron chi connectivity index (χ0n) is 15.8. The van der Waals surface area contributed by atoms with Crippen LogP contribution in [0.3, 0.4) is 0 Å². The smallest absolute Gasteiger partial charge is 0.230 e. The number of nitrogens with one attached hydrogen (secondary N) is 1. The van der Waals surface area contributed by atoms with Gasteiger partial charge in [0, 0.05) is 0 Å². The van der Waals surface area contributed by atoms with E-state index in [0.29, 0.717) is 19.1 Å². The lowest BCUT2D eigenvalue weighted by molar-refractivity contribution is -0.126. The molecule has 1 fully saturated rings. The van der Waals surface area contributed by atoms with Crippen LogP contribution in [0.1, 0.15) is 56.6 Å². The maximum absolute atomic E-state index is 13.0. The van der Waals surface area contributed by atoms with Crippen molar-refractivity contribution in [3.05, 3.63) is 65.7 Å². The summed E-state index contributed by atoms with van der Waals surface area (Å²) in [6.45, 7) is 5.33. The molecule has 0 unspecified atom stereocenters. The Labute approximate surface area is 156 Å². The minimum Gasteiger partial charge on any atom is -0.491 e. The number of carbonyl (C=O) groups excluding carboxylic acids is 1. The van der Waals surface area contributed by atoms with Crippen molar-refractivity contribution in [3.63, 3.8) is 0 Å².